The van der Waals surface area contributed by atoms with Crippen LogP contribution in [0.4, 0.5) is 23.8 Å². The Balaban J connectivity index is 0.000000223. The molecule has 123 heavy (non-hydrogen) atoms. The second-order valence-corrected chi connectivity index (χ2v) is 31.5. The predicted molar refractivity (Wildman–Crippen MR) is 466 cm³/mol. The first kappa shape index (κ1) is 90.2. The van der Waals surface area contributed by atoms with E-state index < -0.39 is 36.1 Å². The Morgan fingerprint density at radius 2 is 0.561 bits per heavy atom. The van der Waals surface area contributed by atoms with E-state index in [9.17, 15) is 29.4 Å². The Hall–Kier alpha value is -12.0. The minimum atomic E-state index is -1.17. The van der Waals surface area contributed by atoms with Crippen molar-refractivity contribution in [2.45, 2.75) is 141 Å². The van der Waals surface area contributed by atoms with Crippen molar-refractivity contribution in [1.29, 1.82) is 0 Å². The van der Waals surface area contributed by atoms with Gasteiger partial charge in [0.05, 0.1) is 48.7 Å². The molecule has 0 spiro atoms. The van der Waals surface area contributed by atoms with E-state index >= 15 is 0 Å². The second-order valence-electron chi connectivity index (χ2n) is 31.5. The highest BCUT2D eigenvalue weighted by molar-refractivity contribution is 5.93. The predicted octanol–water partition coefficient (Wildman–Crippen LogP) is 11.8. The molecular weight excluding hydrogens is 1570 g/mol. The number of carbonyl (C=O) groups is 4. The quantitative estimate of drug-likeness (QED) is 0.0153. The van der Waals surface area contributed by atoms with E-state index in [0.717, 1.165) is 102 Å². The fourth-order valence-corrected chi connectivity index (χ4v) is 15.3. The summed E-state index contributed by atoms with van der Waals surface area (Å²) in [5.74, 6) is 2.39. The summed E-state index contributed by atoms with van der Waals surface area (Å²) >= 11 is 0. The minimum absolute atomic E-state index is 0. The molecule has 8 N–H and O–H groups in total. The number of aryl methyl sites for hydroxylation is 4. The van der Waals surface area contributed by atoms with Crippen LogP contribution in [0.5, 0.6) is 23.0 Å². The summed E-state index contributed by atoms with van der Waals surface area (Å²) in [7, 11) is 6.99. The summed E-state index contributed by atoms with van der Waals surface area (Å²) in [6.07, 6.45) is 15.8. The van der Waals surface area contributed by atoms with E-state index in [1.807, 2.05) is 48.5 Å². The number of likely N-dealkylation sites (tertiary alicyclic amines) is 4. The number of carboxylic acids is 2. The fourth-order valence-electron chi connectivity index (χ4n) is 15.3. The van der Waals surface area contributed by atoms with Gasteiger partial charge in [0.15, 0.2) is 0 Å². The van der Waals surface area contributed by atoms with Gasteiger partial charge in [-0.2, -0.15) is 40.3 Å². The maximum atomic E-state index is 13.5. The van der Waals surface area contributed by atoms with Gasteiger partial charge in [-0.1, -0.05) is 74.2 Å². The molecular formula is C90H118N20O13. The highest BCUT2D eigenvalue weighted by Crippen LogP contribution is 2.30. The van der Waals surface area contributed by atoms with Gasteiger partial charge in [0, 0.05) is 80.5 Å². The van der Waals surface area contributed by atoms with Crippen LogP contribution in [0.2, 0.25) is 0 Å². The zero-order valence-corrected chi connectivity index (χ0v) is 71.1. The largest absolute Gasteiger partial charge is 0.494 e. The third-order valence-corrected chi connectivity index (χ3v) is 21.7. The van der Waals surface area contributed by atoms with E-state index in [1.54, 1.807) is 46.9 Å². The highest BCUT2D eigenvalue weighted by Gasteiger charge is 2.33. The van der Waals surface area contributed by atoms with Crippen LogP contribution in [0.15, 0.2) is 146 Å². The van der Waals surface area contributed by atoms with Gasteiger partial charge in [-0.25, -0.2) is 37.9 Å². The van der Waals surface area contributed by atoms with Crippen molar-refractivity contribution in [3.8, 4) is 23.0 Å². The third kappa shape index (κ3) is 27.5. The summed E-state index contributed by atoms with van der Waals surface area (Å²) < 4.78 is 42.6. The fraction of sp³-hybridized carbons (Fsp3) is 0.467. The van der Waals surface area contributed by atoms with Crippen LogP contribution in [0.1, 0.15) is 202 Å². The molecule has 0 amide bonds. The molecule has 14 rings (SSSR count). The lowest BCUT2D eigenvalue weighted by Crippen LogP contribution is -2.29. The first-order valence-corrected chi connectivity index (χ1v) is 43.0. The van der Waals surface area contributed by atoms with Gasteiger partial charge >= 0.3 is 23.9 Å². The van der Waals surface area contributed by atoms with E-state index in [1.165, 1.54) is 148 Å². The van der Waals surface area contributed by atoms with Gasteiger partial charge in [0.2, 0.25) is 59.3 Å². The van der Waals surface area contributed by atoms with Crippen molar-refractivity contribution in [2.75, 3.05) is 126 Å². The third-order valence-electron chi connectivity index (χ3n) is 21.7. The number of anilines is 4. The summed E-state index contributed by atoms with van der Waals surface area (Å²) in [4.78, 5) is 78.6. The molecule has 33 heteroatoms. The zero-order chi connectivity index (χ0) is 84.8. The number of ether oxygens (including phenoxy) is 6. The van der Waals surface area contributed by atoms with Crippen molar-refractivity contribution in [3.63, 3.8) is 0 Å². The average Bonchev–Trinajstić information content (AvgIpc) is 1.66. The lowest BCUT2D eigenvalue weighted by Gasteiger charge is -2.26. The second kappa shape index (κ2) is 46.3. The molecule has 0 bridgehead atoms. The lowest BCUT2D eigenvalue weighted by atomic mass is 10.1. The molecule has 0 saturated carbocycles. The van der Waals surface area contributed by atoms with Crippen molar-refractivity contribution < 1.29 is 63.3 Å². The van der Waals surface area contributed by atoms with Crippen LogP contribution in [-0.4, -0.2) is 223 Å². The number of carbonyl (C=O) groups excluding carboxylic acids is 2. The van der Waals surface area contributed by atoms with Crippen LogP contribution >= 0.6 is 0 Å². The summed E-state index contributed by atoms with van der Waals surface area (Å²) in [6, 6.07) is 44.3. The molecule has 656 valence electrons. The molecule has 8 heterocycles. The van der Waals surface area contributed by atoms with Gasteiger partial charge in [0.25, 0.3) is 0 Å². The van der Waals surface area contributed by atoms with E-state index in [0.29, 0.717) is 102 Å². The summed E-state index contributed by atoms with van der Waals surface area (Å²) in [6.45, 7) is 17.2. The number of hydrogen-bond donors (Lipinski definition) is 6. The van der Waals surface area contributed by atoms with Crippen molar-refractivity contribution in [2.24, 2.45) is 28.2 Å². The van der Waals surface area contributed by atoms with Gasteiger partial charge in [0.1, 0.15) is 23.0 Å². The Labute approximate surface area is 718 Å². The molecule has 33 nitrogen and oxygen atoms in total. The van der Waals surface area contributed by atoms with Crippen LogP contribution in [0.25, 0.3) is 0 Å². The van der Waals surface area contributed by atoms with Gasteiger partial charge in [-0.05, 0) is 249 Å². The minimum Gasteiger partial charge on any atom is -0.494 e. The number of benzene rings is 6. The van der Waals surface area contributed by atoms with Gasteiger partial charge in [-0.3, -0.25) is 19.6 Å². The topological polar surface area (TPSA) is 380 Å². The van der Waals surface area contributed by atoms with Crippen LogP contribution in [0, 0.1) is 0 Å². The first-order chi connectivity index (χ1) is 59.5. The van der Waals surface area contributed by atoms with Crippen LogP contribution in [-0.2, 0) is 63.8 Å². The number of carboxylic acid groups (broad SMARTS) is 2. The Morgan fingerprint density at radius 1 is 0.333 bits per heavy atom. The van der Waals surface area contributed by atoms with Crippen molar-refractivity contribution >= 4 is 47.7 Å². The number of nitrogens with one attached hydrogen (secondary N) is 4. The molecule has 4 aromatic heterocycles. The highest BCUT2D eigenvalue weighted by atomic mass is 16.6. The monoisotopic (exact) mass is 1690 g/mol. The molecule has 0 radical (unpaired) electrons. The Bertz CT molecular complexity index is 4430. The maximum absolute atomic E-state index is 13.5. The van der Waals surface area contributed by atoms with Crippen molar-refractivity contribution in [3.05, 3.63) is 213 Å². The first-order valence-electron chi connectivity index (χ1n) is 43.0. The van der Waals surface area contributed by atoms with Crippen LogP contribution in [0.3, 0.4) is 0 Å². The summed E-state index contributed by atoms with van der Waals surface area (Å²) in [5.41, 5.74) is 5.45. The van der Waals surface area contributed by atoms with E-state index in [2.05, 4.69) is 110 Å². The number of aromatic nitrogens is 12. The lowest BCUT2D eigenvalue weighted by molar-refractivity contribution is 0.0337. The molecule has 4 aliphatic heterocycles. The normalized spacial score (nSPS) is 14.7. The zero-order valence-electron chi connectivity index (χ0n) is 71.1. The van der Waals surface area contributed by atoms with Crippen LogP contribution < -0.4 is 40.2 Å². The number of nitrogens with zero attached hydrogens (tertiary/aromatic N) is 16. The number of esters is 2. The van der Waals surface area contributed by atoms with Gasteiger partial charge in [-0.15, -0.1) is 0 Å². The maximum Gasteiger partial charge on any atom is 0.339 e. The number of hydrogen-bond acceptors (Lipinski definition) is 26. The number of aromatic carboxylic acids is 2. The van der Waals surface area contributed by atoms with E-state index in [4.69, 9.17) is 48.4 Å². The molecule has 4 fully saturated rings. The van der Waals surface area contributed by atoms with Gasteiger partial charge < -0.3 is 65.4 Å². The molecule has 0 aliphatic carbocycles. The average molecular weight is 1690 g/mol. The molecule has 10 aromatic rings. The number of rotatable bonds is 42. The number of piperidine rings is 4. The molecule has 4 aliphatic rings. The summed E-state index contributed by atoms with van der Waals surface area (Å²) in [5, 5.41) is 50.3. The Kier molecular flexibility index (Phi) is 33.9. The molecule has 6 aromatic carbocycles. The molecule has 0 unspecified atom stereocenters. The smallest absolute Gasteiger partial charge is 0.339 e. The standard InChI is InChI=1S/2C45H58N10O6.H2O/c2*1-52-44(46-21-11-27-59-37-15-9-13-33(29-37)31-54-23-5-3-6-24-54)48-40(50-52)39(61-43(58)36-19-17-35(18-20-36)42(56)57)41-49-45(53(2)51-41)47-22-12-28-60-38-16-10-14-34(30-38)32-55-25-7-4-8-26-55;/h2*9-10,13-20,29-30,39H,3-8,11-12,21-28,31-32H2,1-2H3,(H,56,57)(H,46,48,50)(H,47,49,51);1H2. The van der Waals surface area contributed by atoms with Crippen molar-refractivity contribution in [1.82, 2.24) is 78.7 Å². The SMILES string of the molecule is Cn1nc(C(OC(=O)c2ccc(C(=O)O)cc2)c2nc(NCCCOc3cccc(CN4CCCCC4)c3)n(C)n2)nc1NCCCOc1cccc(CN2CCCCC2)c1.Cn1nc(C(OC(=O)c2ccc(C(=O)O)cc2)c2nc(NCCCOc3cccc(CN4CCCCC4)c3)n(C)n2)nc1NCCCOc1cccc(CN2CCCCC2)c1.O. The van der Waals surface area contributed by atoms with E-state index in [-0.39, 0.29) is 51.0 Å². The molecule has 4 saturated heterocycles. The molecule has 0 atom stereocenters. The Morgan fingerprint density at radius 3 is 0.789 bits per heavy atom.